The van der Waals surface area contributed by atoms with Crippen molar-refractivity contribution in [1.82, 2.24) is 4.98 Å². The van der Waals surface area contributed by atoms with Gasteiger partial charge in [0.25, 0.3) is 5.91 Å². The number of methoxy groups -OCH3 is 2. The summed E-state index contributed by atoms with van der Waals surface area (Å²) in [7, 11) is 3.10. The molecular formula is C23H23BrN2O5. The molecule has 162 valence electrons. The van der Waals surface area contributed by atoms with Crippen molar-refractivity contribution in [3.63, 3.8) is 0 Å². The first-order valence-corrected chi connectivity index (χ1v) is 10.4. The van der Waals surface area contributed by atoms with E-state index in [2.05, 4.69) is 26.2 Å². The maximum absolute atomic E-state index is 12.8. The quantitative estimate of drug-likeness (QED) is 0.453. The molecule has 0 atom stereocenters. The Balaban J connectivity index is 1.79. The van der Waals surface area contributed by atoms with Gasteiger partial charge in [0.15, 0.2) is 23.0 Å². The van der Waals surface area contributed by atoms with E-state index < -0.39 is 0 Å². The van der Waals surface area contributed by atoms with Crippen LogP contribution in [0.2, 0.25) is 0 Å². The van der Waals surface area contributed by atoms with Gasteiger partial charge in [-0.05, 0) is 64.8 Å². The molecule has 2 aromatic carbocycles. The molecule has 0 radical (unpaired) electrons. The van der Waals surface area contributed by atoms with Crippen LogP contribution in [-0.4, -0.2) is 31.7 Å². The number of carbonyl (C=O) groups excluding carboxylic acids is 1. The molecule has 31 heavy (non-hydrogen) atoms. The van der Waals surface area contributed by atoms with Crippen LogP contribution in [0.25, 0.3) is 0 Å². The summed E-state index contributed by atoms with van der Waals surface area (Å²) in [5, 5.41) is 2.88. The smallest absolute Gasteiger partial charge is 0.255 e. The van der Waals surface area contributed by atoms with Crippen LogP contribution >= 0.6 is 15.9 Å². The maximum atomic E-state index is 12.8. The second-order valence-electron chi connectivity index (χ2n) is 6.39. The van der Waals surface area contributed by atoms with Crippen LogP contribution in [0, 0.1) is 0 Å². The molecule has 0 aliphatic heterocycles. The molecule has 1 N–H and O–H groups in total. The van der Waals surface area contributed by atoms with Crippen molar-refractivity contribution in [2.24, 2.45) is 0 Å². The number of carbonyl (C=O) groups is 1. The second kappa shape index (κ2) is 10.7. The number of halogens is 1. The van der Waals surface area contributed by atoms with Crippen molar-refractivity contribution < 1.29 is 23.7 Å². The molecule has 0 spiro atoms. The van der Waals surface area contributed by atoms with E-state index in [4.69, 9.17) is 18.9 Å². The third-order valence-corrected chi connectivity index (χ3v) is 4.93. The number of rotatable bonds is 9. The molecule has 1 aromatic heterocycles. The molecule has 1 amide bonds. The highest BCUT2D eigenvalue weighted by atomic mass is 79.9. The van der Waals surface area contributed by atoms with E-state index in [0.717, 1.165) is 5.56 Å². The van der Waals surface area contributed by atoms with Gasteiger partial charge in [-0.1, -0.05) is 0 Å². The molecule has 0 fully saturated rings. The normalized spacial score (nSPS) is 10.3. The van der Waals surface area contributed by atoms with Gasteiger partial charge in [-0.25, -0.2) is 0 Å². The fraction of sp³-hybridized carbons (Fsp3) is 0.217. The lowest BCUT2D eigenvalue weighted by Gasteiger charge is -2.15. The highest BCUT2D eigenvalue weighted by Crippen LogP contribution is 2.37. The standard InChI is InChI=1S/C23H23BrN2O5/c1-4-30-22-18(24)11-16(12-21(22)29-3)23(27)26-17-5-6-19(28-2)20(13-17)31-14-15-7-9-25-10-8-15/h5-13H,4,14H2,1-3H3,(H,26,27). The van der Waals surface area contributed by atoms with Gasteiger partial charge in [0.2, 0.25) is 0 Å². The summed E-state index contributed by atoms with van der Waals surface area (Å²) >= 11 is 3.44. The zero-order valence-electron chi connectivity index (χ0n) is 17.5. The minimum Gasteiger partial charge on any atom is -0.493 e. The zero-order chi connectivity index (χ0) is 22.2. The minimum atomic E-state index is -0.299. The number of hydrogen-bond donors (Lipinski definition) is 1. The average Bonchev–Trinajstić information content (AvgIpc) is 2.79. The number of ether oxygens (including phenoxy) is 4. The monoisotopic (exact) mass is 486 g/mol. The summed E-state index contributed by atoms with van der Waals surface area (Å²) in [6.45, 7) is 2.71. The lowest BCUT2D eigenvalue weighted by atomic mass is 10.1. The molecule has 8 heteroatoms. The number of amides is 1. The van der Waals surface area contributed by atoms with Crippen LogP contribution in [0.4, 0.5) is 5.69 Å². The summed E-state index contributed by atoms with van der Waals surface area (Å²) in [6.07, 6.45) is 3.41. The van der Waals surface area contributed by atoms with Crippen LogP contribution < -0.4 is 24.3 Å². The molecule has 7 nitrogen and oxygen atoms in total. The van der Waals surface area contributed by atoms with Gasteiger partial charge >= 0.3 is 0 Å². The SMILES string of the molecule is CCOc1c(Br)cc(C(=O)Nc2ccc(OC)c(OCc3ccncc3)c2)cc1OC. The van der Waals surface area contributed by atoms with E-state index in [1.165, 1.54) is 7.11 Å². The highest BCUT2D eigenvalue weighted by molar-refractivity contribution is 9.10. The molecule has 3 aromatic rings. The summed E-state index contributed by atoms with van der Waals surface area (Å²) in [5.41, 5.74) is 1.96. The van der Waals surface area contributed by atoms with Gasteiger partial charge < -0.3 is 24.3 Å². The van der Waals surface area contributed by atoms with E-state index in [-0.39, 0.29) is 5.91 Å². The van der Waals surface area contributed by atoms with E-state index in [9.17, 15) is 4.79 Å². The molecular weight excluding hydrogens is 464 g/mol. The fourth-order valence-electron chi connectivity index (χ4n) is 2.85. The van der Waals surface area contributed by atoms with Gasteiger partial charge in [0.1, 0.15) is 6.61 Å². The first kappa shape index (κ1) is 22.4. The predicted octanol–water partition coefficient (Wildman–Crippen LogP) is 5.09. The van der Waals surface area contributed by atoms with Gasteiger partial charge in [-0.15, -0.1) is 0 Å². The number of nitrogens with zero attached hydrogens (tertiary/aromatic N) is 1. The van der Waals surface area contributed by atoms with E-state index in [1.807, 2.05) is 19.1 Å². The molecule has 0 aliphatic carbocycles. The van der Waals surface area contributed by atoms with Gasteiger partial charge in [0, 0.05) is 29.7 Å². The van der Waals surface area contributed by atoms with Gasteiger partial charge in [-0.2, -0.15) is 0 Å². The van der Waals surface area contributed by atoms with Crippen LogP contribution in [0.15, 0.2) is 59.3 Å². The van der Waals surface area contributed by atoms with Crippen molar-refractivity contribution in [2.45, 2.75) is 13.5 Å². The van der Waals surface area contributed by atoms with E-state index in [1.54, 1.807) is 49.8 Å². The van der Waals surface area contributed by atoms with E-state index >= 15 is 0 Å². The Kier molecular flexibility index (Phi) is 7.72. The van der Waals surface area contributed by atoms with Crippen molar-refractivity contribution in [3.05, 3.63) is 70.5 Å². The number of nitrogens with one attached hydrogen (secondary N) is 1. The van der Waals surface area contributed by atoms with Crippen LogP contribution in [-0.2, 0) is 6.61 Å². The zero-order valence-corrected chi connectivity index (χ0v) is 19.1. The average molecular weight is 487 g/mol. The number of aromatic nitrogens is 1. The van der Waals surface area contributed by atoms with Crippen molar-refractivity contribution in [2.75, 3.05) is 26.1 Å². The van der Waals surface area contributed by atoms with Crippen LogP contribution in [0.5, 0.6) is 23.0 Å². The maximum Gasteiger partial charge on any atom is 0.255 e. The third kappa shape index (κ3) is 5.67. The topological polar surface area (TPSA) is 78.9 Å². The minimum absolute atomic E-state index is 0.299. The molecule has 3 rings (SSSR count). The number of anilines is 1. The summed E-state index contributed by atoms with van der Waals surface area (Å²) in [5.74, 6) is 1.81. The molecule has 1 heterocycles. The van der Waals surface area contributed by atoms with Gasteiger partial charge in [0.05, 0.1) is 25.3 Å². The van der Waals surface area contributed by atoms with Crippen molar-refractivity contribution >= 4 is 27.5 Å². The largest absolute Gasteiger partial charge is 0.493 e. The lowest BCUT2D eigenvalue weighted by Crippen LogP contribution is -2.13. The molecule has 0 unspecified atom stereocenters. The number of pyridine rings is 1. The van der Waals surface area contributed by atoms with Crippen molar-refractivity contribution in [3.8, 4) is 23.0 Å². The number of hydrogen-bond acceptors (Lipinski definition) is 6. The Morgan fingerprint density at radius 2 is 1.71 bits per heavy atom. The Morgan fingerprint density at radius 1 is 0.968 bits per heavy atom. The Bertz CT molecular complexity index is 1040. The summed E-state index contributed by atoms with van der Waals surface area (Å²) < 4.78 is 22.8. The fourth-order valence-corrected chi connectivity index (χ4v) is 3.40. The van der Waals surface area contributed by atoms with Crippen LogP contribution in [0.1, 0.15) is 22.8 Å². The number of benzene rings is 2. The molecule has 0 saturated heterocycles. The highest BCUT2D eigenvalue weighted by Gasteiger charge is 2.16. The lowest BCUT2D eigenvalue weighted by molar-refractivity contribution is 0.102. The third-order valence-electron chi connectivity index (χ3n) is 4.35. The Morgan fingerprint density at radius 3 is 2.39 bits per heavy atom. The van der Waals surface area contributed by atoms with Gasteiger partial charge in [-0.3, -0.25) is 9.78 Å². The molecule has 0 saturated carbocycles. The molecule has 0 aliphatic rings. The first-order valence-electron chi connectivity index (χ1n) is 9.57. The van der Waals surface area contributed by atoms with Crippen molar-refractivity contribution in [1.29, 1.82) is 0 Å². The summed E-state index contributed by atoms with van der Waals surface area (Å²) in [6, 6.07) is 12.3. The van der Waals surface area contributed by atoms with E-state index in [0.29, 0.717) is 51.9 Å². The Hall–Kier alpha value is -3.26. The first-order chi connectivity index (χ1) is 15.0. The molecule has 0 bridgehead atoms. The summed E-state index contributed by atoms with van der Waals surface area (Å²) in [4.78, 5) is 16.8. The van der Waals surface area contributed by atoms with Crippen LogP contribution in [0.3, 0.4) is 0 Å². The predicted molar refractivity (Wildman–Crippen MR) is 121 cm³/mol. The Labute approximate surface area is 189 Å². The second-order valence-corrected chi connectivity index (χ2v) is 7.24.